The van der Waals surface area contributed by atoms with E-state index in [1.807, 2.05) is 29.2 Å². The van der Waals surface area contributed by atoms with E-state index in [0.717, 1.165) is 11.3 Å². The Morgan fingerprint density at radius 3 is 2.32 bits per heavy atom. The monoisotopic (exact) mass is 306 g/mol. The molecular formula is C15H18N2O5. The van der Waals surface area contributed by atoms with Crippen LogP contribution in [0.3, 0.4) is 0 Å². The average Bonchev–Trinajstić information content (AvgIpc) is 2.46. The van der Waals surface area contributed by atoms with E-state index in [1.54, 1.807) is 0 Å². The molecule has 3 unspecified atom stereocenters. The van der Waals surface area contributed by atoms with Gasteiger partial charge in [-0.1, -0.05) is 12.1 Å². The van der Waals surface area contributed by atoms with Crippen LogP contribution in [0.25, 0.3) is 0 Å². The highest BCUT2D eigenvalue weighted by Crippen LogP contribution is 2.27. The van der Waals surface area contributed by atoms with E-state index in [9.17, 15) is 19.8 Å². The first-order valence-electron chi connectivity index (χ1n) is 7.23. The predicted octanol–water partition coefficient (Wildman–Crippen LogP) is -0.320. The minimum Gasteiger partial charge on any atom is -0.366 e. The van der Waals surface area contributed by atoms with Crippen molar-refractivity contribution in [1.29, 1.82) is 0 Å². The molecule has 3 N–H and O–H groups in total. The zero-order chi connectivity index (χ0) is 15.7. The summed E-state index contributed by atoms with van der Waals surface area (Å²) >= 11 is 0. The highest BCUT2D eigenvalue weighted by atomic mass is 16.7. The Kier molecular flexibility index (Phi) is 4.10. The molecule has 0 saturated carbocycles. The quantitative estimate of drug-likeness (QED) is 0.648. The number of anilines is 1. The normalized spacial score (nSPS) is 29.4. The minimum absolute atomic E-state index is 0.228. The van der Waals surface area contributed by atoms with Gasteiger partial charge in [-0.25, -0.2) is 0 Å². The molecule has 3 atom stereocenters. The number of rotatable bonds is 2. The number of piperidine rings is 1. The van der Waals surface area contributed by atoms with Crippen molar-refractivity contribution in [1.82, 2.24) is 5.32 Å². The van der Waals surface area contributed by atoms with Gasteiger partial charge >= 0.3 is 0 Å². The second-order valence-electron chi connectivity index (χ2n) is 5.55. The molecule has 2 aliphatic rings. The Hall–Kier alpha value is -1.96. The first kappa shape index (κ1) is 15.0. The van der Waals surface area contributed by atoms with Crippen LogP contribution in [-0.2, 0) is 14.3 Å². The van der Waals surface area contributed by atoms with Gasteiger partial charge in [-0.3, -0.25) is 14.9 Å². The Morgan fingerprint density at radius 2 is 1.73 bits per heavy atom. The molecule has 1 aromatic carbocycles. The first-order valence-corrected chi connectivity index (χ1v) is 7.23. The summed E-state index contributed by atoms with van der Waals surface area (Å²) in [5, 5.41) is 21.4. The molecule has 2 aliphatic heterocycles. The number of benzene rings is 1. The topological polar surface area (TPSA) is 99.1 Å². The van der Waals surface area contributed by atoms with E-state index in [2.05, 4.69) is 5.32 Å². The second kappa shape index (κ2) is 6.04. The number of hydrogen-bond acceptors (Lipinski definition) is 6. The maximum Gasteiger partial charge on any atom is 0.234 e. The lowest BCUT2D eigenvalue weighted by Gasteiger charge is -2.35. The fraction of sp³-hybridized carbons (Fsp3) is 0.467. The van der Waals surface area contributed by atoms with E-state index in [1.165, 1.54) is 0 Å². The molecule has 2 fully saturated rings. The molecule has 3 rings (SSSR count). The summed E-state index contributed by atoms with van der Waals surface area (Å²) in [4.78, 5) is 24.8. The van der Waals surface area contributed by atoms with Gasteiger partial charge in [-0.05, 0) is 24.1 Å². The smallest absolute Gasteiger partial charge is 0.234 e. The number of carbonyl (C=O) groups is 2. The molecule has 0 aliphatic carbocycles. The molecule has 0 bridgehead atoms. The lowest BCUT2D eigenvalue weighted by molar-refractivity contribution is -0.214. The average molecular weight is 306 g/mol. The summed E-state index contributed by atoms with van der Waals surface area (Å²) in [6.07, 6.45) is -1.20. The standard InChI is InChI=1S/C15H18N2O5/c18-12-6-5-11(15(21)16-12)9-1-3-10(4-2-9)17-7-13(19)22-14(20)8-17/h1-4,11,13-14,19-20H,5-8H2,(H,16,18,21). The lowest BCUT2D eigenvalue weighted by atomic mass is 9.90. The molecule has 118 valence electrons. The molecule has 0 spiro atoms. The van der Waals surface area contributed by atoms with Crippen LogP contribution in [0.15, 0.2) is 24.3 Å². The summed E-state index contributed by atoms with van der Waals surface area (Å²) in [5.74, 6) is -0.803. The Bertz CT molecular complexity index is 564. The highest BCUT2D eigenvalue weighted by molar-refractivity contribution is 6.00. The zero-order valence-corrected chi connectivity index (χ0v) is 11.9. The third-order valence-corrected chi connectivity index (χ3v) is 3.97. The van der Waals surface area contributed by atoms with Crippen LogP contribution in [0.2, 0.25) is 0 Å². The number of carbonyl (C=O) groups excluding carboxylic acids is 2. The maximum atomic E-state index is 11.9. The third-order valence-electron chi connectivity index (χ3n) is 3.97. The van der Waals surface area contributed by atoms with Gasteiger partial charge in [0.15, 0.2) is 12.6 Å². The zero-order valence-electron chi connectivity index (χ0n) is 11.9. The van der Waals surface area contributed by atoms with E-state index >= 15 is 0 Å². The van der Waals surface area contributed by atoms with Crippen LogP contribution >= 0.6 is 0 Å². The maximum absolute atomic E-state index is 11.9. The van der Waals surface area contributed by atoms with Crippen molar-refractivity contribution in [2.45, 2.75) is 31.3 Å². The molecule has 2 amide bonds. The summed E-state index contributed by atoms with van der Waals surface area (Å²) in [6.45, 7) is 0.545. The van der Waals surface area contributed by atoms with Crippen LogP contribution in [0.4, 0.5) is 5.69 Å². The summed E-state index contributed by atoms with van der Waals surface area (Å²) in [7, 11) is 0. The molecule has 22 heavy (non-hydrogen) atoms. The number of β-amino-alcohol motifs (C(OH)–C–C–N with tert-alkyl or cyclic N) is 2. The molecule has 1 aromatic rings. The van der Waals surface area contributed by atoms with Gasteiger partial charge in [0.1, 0.15) is 0 Å². The Labute approximate surface area is 127 Å². The van der Waals surface area contributed by atoms with Crippen LogP contribution in [0.5, 0.6) is 0 Å². The lowest BCUT2D eigenvalue weighted by Crippen LogP contribution is -2.47. The van der Waals surface area contributed by atoms with Crippen LogP contribution in [0, 0.1) is 0 Å². The molecular weight excluding hydrogens is 288 g/mol. The van der Waals surface area contributed by atoms with E-state index in [4.69, 9.17) is 4.74 Å². The number of imide groups is 1. The summed E-state index contributed by atoms with van der Waals surface area (Å²) in [6, 6.07) is 7.35. The van der Waals surface area contributed by atoms with Crippen molar-refractivity contribution in [3.8, 4) is 0 Å². The Balaban J connectivity index is 1.72. The Morgan fingerprint density at radius 1 is 1.09 bits per heavy atom. The number of aliphatic hydroxyl groups is 2. The van der Waals surface area contributed by atoms with Crippen molar-refractivity contribution < 1.29 is 24.5 Å². The van der Waals surface area contributed by atoms with Crippen LogP contribution < -0.4 is 10.2 Å². The van der Waals surface area contributed by atoms with E-state index in [0.29, 0.717) is 12.8 Å². The van der Waals surface area contributed by atoms with Crippen LogP contribution in [-0.4, -0.2) is 47.7 Å². The van der Waals surface area contributed by atoms with Crippen molar-refractivity contribution >= 4 is 17.5 Å². The molecule has 2 heterocycles. The number of aliphatic hydroxyl groups excluding tert-OH is 2. The molecule has 7 nitrogen and oxygen atoms in total. The van der Waals surface area contributed by atoms with Crippen molar-refractivity contribution in [3.63, 3.8) is 0 Å². The second-order valence-corrected chi connectivity index (χ2v) is 5.55. The summed E-state index contributed by atoms with van der Waals surface area (Å²) < 4.78 is 4.87. The fourth-order valence-corrected chi connectivity index (χ4v) is 2.86. The fourth-order valence-electron chi connectivity index (χ4n) is 2.86. The number of amides is 2. The van der Waals surface area contributed by atoms with E-state index < -0.39 is 12.6 Å². The minimum atomic E-state index is -1.03. The van der Waals surface area contributed by atoms with Crippen molar-refractivity contribution in [2.24, 2.45) is 0 Å². The van der Waals surface area contributed by atoms with Gasteiger partial charge in [0.2, 0.25) is 11.8 Å². The molecule has 0 aromatic heterocycles. The van der Waals surface area contributed by atoms with Gasteiger partial charge in [-0.15, -0.1) is 0 Å². The molecule has 2 saturated heterocycles. The number of nitrogens with zero attached hydrogens (tertiary/aromatic N) is 1. The molecule has 7 heteroatoms. The van der Waals surface area contributed by atoms with E-state index in [-0.39, 0.29) is 30.8 Å². The van der Waals surface area contributed by atoms with Gasteiger partial charge in [-0.2, -0.15) is 0 Å². The van der Waals surface area contributed by atoms with Crippen molar-refractivity contribution in [2.75, 3.05) is 18.0 Å². The van der Waals surface area contributed by atoms with Gasteiger partial charge in [0, 0.05) is 12.1 Å². The summed E-state index contributed by atoms with van der Waals surface area (Å²) in [5.41, 5.74) is 1.68. The number of ether oxygens (including phenoxy) is 1. The number of hydrogen-bond donors (Lipinski definition) is 3. The number of morpholine rings is 1. The SMILES string of the molecule is O=C1CCC(c2ccc(N3CC(O)OC(O)C3)cc2)C(=O)N1. The first-order chi connectivity index (χ1) is 10.5. The van der Waals surface area contributed by atoms with Gasteiger partial charge in [0.05, 0.1) is 19.0 Å². The number of nitrogens with one attached hydrogen (secondary N) is 1. The highest BCUT2D eigenvalue weighted by Gasteiger charge is 2.28. The largest absolute Gasteiger partial charge is 0.366 e. The van der Waals surface area contributed by atoms with Gasteiger partial charge in [0.25, 0.3) is 0 Å². The van der Waals surface area contributed by atoms with Crippen LogP contribution in [0.1, 0.15) is 24.3 Å². The van der Waals surface area contributed by atoms with Gasteiger partial charge < -0.3 is 19.8 Å². The predicted molar refractivity (Wildman–Crippen MR) is 76.9 cm³/mol. The van der Waals surface area contributed by atoms with Crippen molar-refractivity contribution in [3.05, 3.63) is 29.8 Å². The third kappa shape index (κ3) is 3.11. The molecule has 0 radical (unpaired) electrons.